The lowest BCUT2D eigenvalue weighted by molar-refractivity contribution is 0.0199. The van der Waals surface area contributed by atoms with Crippen LogP contribution in [0, 0.1) is 0 Å². The number of benzene rings is 1. The second kappa shape index (κ2) is 12.9. The molecule has 0 aromatic heterocycles. The van der Waals surface area contributed by atoms with Gasteiger partial charge in [0.1, 0.15) is 0 Å². The summed E-state index contributed by atoms with van der Waals surface area (Å²) in [4.78, 5) is 6.78. The molecule has 0 spiro atoms. The van der Waals surface area contributed by atoms with Crippen molar-refractivity contribution in [2.24, 2.45) is 4.99 Å². The molecule has 25 heavy (non-hydrogen) atoms. The van der Waals surface area contributed by atoms with Gasteiger partial charge in [0.2, 0.25) is 0 Å². The molecule has 1 unspecified atom stereocenters. The van der Waals surface area contributed by atoms with Crippen LogP contribution in [-0.4, -0.2) is 56.9 Å². The Morgan fingerprint density at radius 3 is 2.80 bits per heavy atom. The van der Waals surface area contributed by atoms with E-state index in [0.717, 1.165) is 43.0 Å². The van der Waals surface area contributed by atoms with Crippen molar-refractivity contribution < 1.29 is 9.47 Å². The third kappa shape index (κ3) is 8.70. The summed E-state index contributed by atoms with van der Waals surface area (Å²) in [5.74, 6) is 0.904. The second-order valence-electron chi connectivity index (χ2n) is 5.93. The summed E-state index contributed by atoms with van der Waals surface area (Å²) >= 11 is 3.47. The fourth-order valence-electron chi connectivity index (χ4n) is 2.61. The van der Waals surface area contributed by atoms with Crippen LogP contribution in [0.3, 0.4) is 0 Å². The van der Waals surface area contributed by atoms with Gasteiger partial charge < -0.3 is 19.7 Å². The Kier molecular flexibility index (Phi) is 11.7. The van der Waals surface area contributed by atoms with E-state index in [0.29, 0.717) is 19.8 Å². The average Bonchev–Trinajstić information content (AvgIpc) is 3.09. The van der Waals surface area contributed by atoms with Gasteiger partial charge in [-0.05, 0) is 37.5 Å². The average molecular weight is 526 g/mol. The lowest BCUT2D eigenvalue weighted by atomic mass is 10.2. The van der Waals surface area contributed by atoms with Crippen molar-refractivity contribution >= 4 is 45.9 Å². The van der Waals surface area contributed by atoms with Gasteiger partial charge >= 0.3 is 0 Å². The van der Waals surface area contributed by atoms with E-state index in [1.54, 1.807) is 0 Å². The van der Waals surface area contributed by atoms with Crippen LogP contribution in [0.1, 0.15) is 25.3 Å². The van der Waals surface area contributed by atoms with Crippen LogP contribution in [0.2, 0.25) is 0 Å². The van der Waals surface area contributed by atoms with E-state index < -0.39 is 0 Å². The normalized spacial score (nSPS) is 17.2. The lowest BCUT2D eigenvalue weighted by Gasteiger charge is -2.22. The monoisotopic (exact) mass is 525 g/mol. The molecule has 1 aliphatic heterocycles. The molecule has 0 radical (unpaired) electrons. The highest BCUT2D eigenvalue weighted by Gasteiger charge is 2.15. The number of nitrogens with one attached hydrogen (secondary N) is 1. The van der Waals surface area contributed by atoms with Gasteiger partial charge in [-0.1, -0.05) is 28.1 Å². The Hall–Kier alpha value is -0.380. The van der Waals surface area contributed by atoms with Crippen LogP contribution in [0.4, 0.5) is 0 Å². The zero-order chi connectivity index (χ0) is 17.2. The SMILES string of the molecule is CCNC(=NCCOCC1CCCO1)N(C)Cc1ccc(Br)cc1.I. The van der Waals surface area contributed by atoms with Crippen molar-refractivity contribution in [1.82, 2.24) is 10.2 Å². The molecule has 2 rings (SSSR count). The minimum Gasteiger partial charge on any atom is -0.377 e. The zero-order valence-electron chi connectivity index (χ0n) is 15.0. The summed E-state index contributed by atoms with van der Waals surface area (Å²) in [6, 6.07) is 8.36. The van der Waals surface area contributed by atoms with E-state index in [4.69, 9.17) is 9.47 Å². The minimum absolute atomic E-state index is 0. The molecular weight excluding hydrogens is 497 g/mol. The molecule has 1 fully saturated rings. The molecule has 0 amide bonds. The Labute approximate surface area is 176 Å². The number of aliphatic imine (C=N–C) groups is 1. The molecule has 1 saturated heterocycles. The number of hydrogen-bond acceptors (Lipinski definition) is 3. The Morgan fingerprint density at radius 1 is 1.40 bits per heavy atom. The van der Waals surface area contributed by atoms with E-state index in [1.165, 1.54) is 5.56 Å². The van der Waals surface area contributed by atoms with Crippen molar-refractivity contribution in [3.63, 3.8) is 0 Å². The first kappa shape index (κ1) is 22.7. The Balaban J connectivity index is 0.00000312. The fraction of sp³-hybridized carbons (Fsp3) is 0.611. The van der Waals surface area contributed by atoms with E-state index in [9.17, 15) is 0 Å². The van der Waals surface area contributed by atoms with Crippen LogP contribution in [0.25, 0.3) is 0 Å². The summed E-state index contributed by atoms with van der Waals surface area (Å²) in [7, 11) is 2.05. The number of halogens is 2. The van der Waals surface area contributed by atoms with Crippen LogP contribution < -0.4 is 5.32 Å². The first-order valence-corrected chi connectivity index (χ1v) is 9.41. The van der Waals surface area contributed by atoms with Crippen molar-refractivity contribution in [2.75, 3.05) is 40.0 Å². The van der Waals surface area contributed by atoms with E-state index in [-0.39, 0.29) is 30.1 Å². The van der Waals surface area contributed by atoms with Crippen LogP contribution in [-0.2, 0) is 16.0 Å². The maximum Gasteiger partial charge on any atom is 0.194 e. The maximum atomic E-state index is 5.67. The Morgan fingerprint density at radius 2 is 2.16 bits per heavy atom. The number of rotatable bonds is 8. The quantitative estimate of drug-likeness (QED) is 0.243. The third-order valence-corrected chi connectivity index (χ3v) is 4.38. The molecule has 0 aliphatic carbocycles. The number of hydrogen-bond donors (Lipinski definition) is 1. The van der Waals surface area contributed by atoms with E-state index >= 15 is 0 Å². The minimum atomic E-state index is 0. The fourth-order valence-corrected chi connectivity index (χ4v) is 2.88. The van der Waals surface area contributed by atoms with Crippen molar-refractivity contribution in [3.05, 3.63) is 34.3 Å². The number of ether oxygens (including phenoxy) is 2. The van der Waals surface area contributed by atoms with Gasteiger partial charge in [-0.2, -0.15) is 0 Å². The first-order chi connectivity index (χ1) is 11.7. The second-order valence-corrected chi connectivity index (χ2v) is 6.84. The molecule has 1 heterocycles. The van der Waals surface area contributed by atoms with Gasteiger partial charge in [0, 0.05) is 31.2 Å². The number of guanidine groups is 1. The molecule has 1 N–H and O–H groups in total. The van der Waals surface area contributed by atoms with Gasteiger partial charge in [-0.25, -0.2) is 0 Å². The lowest BCUT2D eigenvalue weighted by Crippen LogP contribution is -2.38. The Bertz CT molecular complexity index is 508. The van der Waals surface area contributed by atoms with E-state index in [1.807, 2.05) is 0 Å². The molecule has 1 aliphatic rings. The molecule has 1 aromatic carbocycles. The van der Waals surface area contributed by atoms with Crippen LogP contribution >= 0.6 is 39.9 Å². The summed E-state index contributed by atoms with van der Waals surface area (Å²) in [6.45, 7) is 6.58. The molecule has 7 heteroatoms. The van der Waals surface area contributed by atoms with Crippen molar-refractivity contribution in [3.8, 4) is 0 Å². The summed E-state index contributed by atoms with van der Waals surface area (Å²) < 4.78 is 12.3. The molecular formula is C18H29BrIN3O2. The standard InChI is InChI=1S/C18H28BrN3O2.HI/c1-3-20-18(21-10-12-23-14-17-5-4-11-24-17)22(2)13-15-6-8-16(19)9-7-15;/h6-9,17H,3-5,10-14H2,1-2H3,(H,20,21);1H. The highest BCUT2D eigenvalue weighted by molar-refractivity contribution is 14.0. The zero-order valence-corrected chi connectivity index (χ0v) is 19.0. The highest BCUT2D eigenvalue weighted by Crippen LogP contribution is 2.12. The molecule has 5 nitrogen and oxygen atoms in total. The van der Waals surface area contributed by atoms with Gasteiger partial charge in [0.15, 0.2) is 5.96 Å². The van der Waals surface area contributed by atoms with Crippen LogP contribution in [0.5, 0.6) is 0 Å². The van der Waals surface area contributed by atoms with Gasteiger partial charge in [-0.15, -0.1) is 24.0 Å². The maximum absolute atomic E-state index is 5.67. The predicted octanol–water partition coefficient (Wildman–Crippen LogP) is 3.66. The first-order valence-electron chi connectivity index (χ1n) is 8.62. The third-order valence-electron chi connectivity index (χ3n) is 3.85. The van der Waals surface area contributed by atoms with Crippen molar-refractivity contribution in [2.45, 2.75) is 32.4 Å². The molecule has 1 aromatic rings. The molecule has 0 saturated carbocycles. The predicted molar refractivity (Wildman–Crippen MR) is 117 cm³/mol. The highest BCUT2D eigenvalue weighted by atomic mass is 127. The topological polar surface area (TPSA) is 46.1 Å². The van der Waals surface area contributed by atoms with Gasteiger partial charge in [-0.3, -0.25) is 4.99 Å². The molecule has 142 valence electrons. The smallest absolute Gasteiger partial charge is 0.194 e. The molecule has 1 atom stereocenters. The van der Waals surface area contributed by atoms with E-state index in [2.05, 4.69) is 69.4 Å². The van der Waals surface area contributed by atoms with Gasteiger partial charge in [0.25, 0.3) is 0 Å². The summed E-state index contributed by atoms with van der Waals surface area (Å²) in [6.07, 6.45) is 2.54. The molecule has 0 bridgehead atoms. The summed E-state index contributed by atoms with van der Waals surface area (Å²) in [5.41, 5.74) is 1.25. The van der Waals surface area contributed by atoms with Crippen LogP contribution in [0.15, 0.2) is 33.7 Å². The largest absolute Gasteiger partial charge is 0.377 e. The summed E-state index contributed by atoms with van der Waals surface area (Å²) in [5, 5.41) is 3.33. The van der Waals surface area contributed by atoms with Gasteiger partial charge in [0.05, 0.1) is 25.9 Å². The van der Waals surface area contributed by atoms with Crippen molar-refractivity contribution in [1.29, 1.82) is 0 Å². The number of nitrogens with zero attached hydrogens (tertiary/aromatic N) is 2.